The van der Waals surface area contributed by atoms with Gasteiger partial charge in [0.15, 0.2) is 11.6 Å². The molecule has 0 aliphatic heterocycles. The zero-order valence-corrected chi connectivity index (χ0v) is 8.45. The summed E-state index contributed by atoms with van der Waals surface area (Å²) in [6.07, 6.45) is 0. The van der Waals surface area contributed by atoms with Crippen molar-refractivity contribution in [1.29, 1.82) is 0 Å². The summed E-state index contributed by atoms with van der Waals surface area (Å²) in [5.74, 6) is -5.72. The van der Waals surface area contributed by atoms with E-state index in [9.17, 15) is 18.0 Å². The number of carbonyl (C=O) groups is 1. The van der Waals surface area contributed by atoms with Crippen molar-refractivity contribution in [2.45, 2.75) is 6.92 Å². The number of carboxylic acids is 1. The molecule has 0 atom stereocenters. The average molecular weight is 269 g/mol. The van der Waals surface area contributed by atoms with E-state index in [4.69, 9.17) is 5.11 Å². The third kappa shape index (κ3) is 1.50. The molecular formula is C8H4BrF3O2. The van der Waals surface area contributed by atoms with E-state index in [2.05, 4.69) is 15.9 Å². The molecule has 1 N–H and O–H groups in total. The molecule has 0 saturated heterocycles. The summed E-state index contributed by atoms with van der Waals surface area (Å²) in [5.41, 5.74) is -1.55. The summed E-state index contributed by atoms with van der Waals surface area (Å²) in [4.78, 5) is 10.5. The van der Waals surface area contributed by atoms with Crippen LogP contribution in [0.5, 0.6) is 0 Å². The molecule has 0 aliphatic carbocycles. The van der Waals surface area contributed by atoms with Gasteiger partial charge in [0.2, 0.25) is 0 Å². The number of aromatic carboxylic acids is 1. The molecule has 14 heavy (non-hydrogen) atoms. The van der Waals surface area contributed by atoms with Gasteiger partial charge in [-0.2, -0.15) is 0 Å². The Morgan fingerprint density at radius 2 is 1.71 bits per heavy atom. The summed E-state index contributed by atoms with van der Waals surface area (Å²) < 4.78 is 38.2. The molecule has 76 valence electrons. The lowest BCUT2D eigenvalue weighted by molar-refractivity contribution is 0.0689. The maximum atomic E-state index is 13.1. The lowest BCUT2D eigenvalue weighted by atomic mass is 10.1. The first-order valence-corrected chi connectivity index (χ1v) is 4.23. The van der Waals surface area contributed by atoms with E-state index in [0.29, 0.717) is 0 Å². The normalized spacial score (nSPS) is 10.4. The average Bonchev–Trinajstić information content (AvgIpc) is 2.11. The van der Waals surface area contributed by atoms with Crippen molar-refractivity contribution in [3.63, 3.8) is 0 Å². The highest BCUT2D eigenvalue weighted by atomic mass is 79.9. The lowest BCUT2D eigenvalue weighted by Crippen LogP contribution is -2.08. The second kappa shape index (κ2) is 3.61. The minimum Gasteiger partial charge on any atom is -0.478 e. The van der Waals surface area contributed by atoms with Crippen LogP contribution in [0, 0.1) is 24.4 Å². The number of hydrogen-bond acceptors (Lipinski definition) is 1. The van der Waals surface area contributed by atoms with Crippen LogP contribution in [-0.2, 0) is 0 Å². The van der Waals surface area contributed by atoms with Crippen molar-refractivity contribution in [2.75, 3.05) is 0 Å². The third-order valence-corrected chi connectivity index (χ3v) is 2.44. The van der Waals surface area contributed by atoms with E-state index in [1.807, 2.05) is 0 Å². The molecule has 0 aliphatic rings. The number of rotatable bonds is 1. The lowest BCUT2D eigenvalue weighted by Gasteiger charge is -2.06. The number of carboxylic acid groups (broad SMARTS) is 1. The molecule has 0 amide bonds. The fraction of sp³-hybridized carbons (Fsp3) is 0.125. The zero-order chi connectivity index (χ0) is 11.0. The zero-order valence-electron chi connectivity index (χ0n) is 6.87. The van der Waals surface area contributed by atoms with Crippen molar-refractivity contribution >= 4 is 21.9 Å². The Balaban J connectivity index is 3.68. The Morgan fingerprint density at radius 3 is 2.14 bits per heavy atom. The van der Waals surface area contributed by atoms with Crippen LogP contribution in [-0.4, -0.2) is 11.1 Å². The van der Waals surface area contributed by atoms with E-state index in [0.717, 1.165) is 6.92 Å². The predicted molar refractivity (Wildman–Crippen MR) is 45.7 cm³/mol. The van der Waals surface area contributed by atoms with Crippen LogP contribution in [0.15, 0.2) is 4.47 Å². The Hall–Kier alpha value is -1.04. The molecule has 0 bridgehead atoms. The Bertz CT molecular complexity index is 389. The molecule has 0 fully saturated rings. The van der Waals surface area contributed by atoms with Crippen molar-refractivity contribution in [3.05, 3.63) is 33.1 Å². The smallest absolute Gasteiger partial charge is 0.339 e. The van der Waals surface area contributed by atoms with Gasteiger partial charge in [0.05, 0.1) is 4.47 Å². The van der Waals surface area contributed by atoms with Gasteiger partial charge >= 0.3 is 5.97 Å². The highest BCUT2D eigenvalue weighted by Gasteiger charge is 2.25. The van der Waals surface area contributed by atoms with Crippen LogP contribution < -0.4 is 0 Å². The third-order valence-electron chi connectivity index (χ3n) is 1.70. The first-order chi connectivity index (χ1) is 6.37. The SMILES string of the molecule is Cc1c(F)c(F)c(Br)c(C(=O)O)c1F. The molecule has 0 heterocycles. The van der Waals surface area contributed by atoms with Gasteiger partial charge in [-0.05, 0) is 22.9 Å². The molecule has 2 nitrogen and oxygen atoms in total. The Kier molecular flexibility index (Phi) is 2.84. The number of halogens is 4. The summed E-state index contributed by atoms with van der Waals surface area (Å²) in [6.45, 7) is 0.965. The van der Waals surface area contributed by atoms with E-state index < -0.39 is 39.0 Å². The fourth-order valence-corrected chi connectivity index (χ4v) is 1.46. The van der Waals surface area contributed by atoms with Crippen LogP contribution in [0.1, 0.15) is 15.9 Å². The molecule has 1 aromatic rings. The van der Waals surface area contributed by atoms with Crippen molar-refractivity contribution in [1.82, 2.24) is 0 Å². The van der Waals surface area contributed by atoms with Gasteiger partial charge in [-0.15, -0.1) is 0 Å². The van der Waals surface area contributed by atoms with Crippen molar-refractivity contribution < 1.29 is 23.1 Å². The molecule has 0 saturated carbocycles. The van der Waals surface area contributed by atoms with Crippen LogP contribution >= 0.6 is 15.9 Å². The fourth-order valence-electron chi connectivity index (χ4n) is 0.939. The van der Waals surface area contributed by atoms with Gasteiger partial charge in [-0.3, -0.25) is 0 Å². The molecule has 6 heteroatoms. The van der Waals surface area contributed by atoms with E-state index >= 15 is 0 Å². The second-order valence-corrected chi connectivity index (χ2v) is 3.35. The largest absolute Gasteiger partial charge is 0.478 e. The second-order valence-electron chi connectivity index (χ2n) is 2.56. The van der Waals surface area contributed by atoms with Gasteiger partial charge in [0.25, 0.3) is 0 Å². The first-order valence-electron chi connectivity index (χ1n) is 3.43. The van der Waals surface area contributed by atoms with Gasteiger partial charge in [-0.25, -0.2) is 18.0 Å². The van der Waals surface area contributed by atoms with E-state index in [1.54, 1.807) is 0 Å². The molecule has 1 aromatic carbocycles. The predicted octanol–water partition coefficient (Wildman–Crippen LogP) is 2.87. The molecule has 0 aromatic heterocycles. The standard InChI is InChI=1S/C8H4BrF3O2/c1-2-5(10)3(8(13)14)4(9)7(12)6(2)11/h1H3,(H,13,14). The first kappa shape index (κ1) is 11.0. The quantitative estimate of drug-likeness (QED) is 0.628. The van der Waals surface area contributed by atoms with Crippen LogP contribution in [0.2, 0.25) is 0 Å². The van der Waals surface area contributed by atoms with Crippen molar-refractivity contribution in [3.8, 4) is 0 Å². The molecule has 1 rings (SSSR count). The molecule has 0 radical (unpaired) electrons. The minimum absolute atomic E-state index is 0.650. The van der Waals surface area contributed by atoms with Crippen LogP contribution in [0.3, 0.4) is 0 Å². The maximum Gasteiger partial charge on any atom is 0.339 e. The summed E-state index contributed by atoms with van der Waals surface area (Å²) in [6, 6.07) is 0. The summed E-state index contributed by atoms with van der Waals surface area (Å²) in [5, 5.41) is 8.53. The van der Waals surface area contributed by atoms with Gasteiger partial charge < -0.3 is 5.11 Å². The van der Waals surface area contributed by atoms with Gasteiger partial charge in [0.1, 0.15) is 11.4 Å². The summed E-state index contributed by atoms with van der Waals surface area (Å²) >= 11 is 2.48. The highest BCUT2D eigenvalue weighted by molar-refractivity contribution is 9.10. The van der Waals surface area contributed by atoms with E-state index in [-0.39, 0.29) is 0 Å². The van der Waals surface area contributed by atoms with Crippen molar-refractivity contribution in [2.24, 2.45) is 0 Å². The molecule has 0 spiro atoms. The minimum atomic E-state index is -1.66. The van der Waals surface area contributed by atoms with Gasteiger partial charge in [0, 0.05) is 5.56 Å². The topological polar surface area (TPSA) is 37.3 Å². The van der Waals surface area contributed by atoms with E-state index in [1.165, 1.54) is 0 Å². The number of benzene rings is 1. The van der Waals surface area contributed by atoms with Crippen LogP contribution in [0.4, 0.5) is 13.2 Å². The Morgan fingerprint density at radius 1 is 1.21 bits per heavy atom. The Labute approximate surface area is 85.5 Å². The van der Waals surface area contributed by atoms with Crippen LogP contribution in [0.25, 0.3) is 0 Å². The monoisotopic (exact) mass is 268 g/mol. The summed E-state index contributed by atoms with van der Waals surface area (Å²) in [7, 11) is 0. The number of hydrogen-bond donors (Lipinski definition) is 1. The van der Waals surface area contributed by atoms with Gasteiger partial charge in [-0.1, -0.05) is 0 Å². The molecular weight excluding hydrogens is 265 g/mol. The molecule has 0 unspecified atom stereocenters. The maximum absolute atomic E-state index is 13.1. The highest BCUT2D eigenvalue weighted by Crippen LogP contribution is 2.28.